The Morgan fingerprint density at radius 1 is 1.03 bits per heavy atom. The number of hydrogen-bond donors (Lipinski definition) is 1. The molecule has 2 amide bonds. The largest absolute Gasteiger partial charge is 0.350 e. The first-order valence-corrected chi connectivity index (χ1v) is 11.6. The van der Waals surface area contributed by atoms with Crippen molar-refractivity contribution in [2.45, 2.75) is 38.6 Å². The van der Waals surface area contributed by atoms with Crippen LogP contribution in [0.2, 0.25) is 0 Å². The van der Waals surface area contributed by atoms with Gasteiger partial charge < -0.3 is 15.1 Å². The molecule has 5 nitrogen and oxygen atoms in total. The molecule has 0 spiro atoms. The Hall–Kier alpha value is -2.25. The molecule has 2 aromatic rings. The van der Waals surface area contributed by atoms with Crippen LogP contribution in [0.4, 0.5) is 4.39 Å². The molecular formula is C23H28FN3O2S. The standard InChI is InChI=1S/C23H28FN3O2S/c24-19-7-5-17(6-8-19)23(29)27-13-9-20-18(16-27)15-21(30-20)22(28)25-10-14-26-11-3-1-2-4-12-26/h5-8,15H,1-4,9-14,16H2,(H,25,28). The van der Waals surface area contributed by atoms with E-state index in [1.807, 2.05) is 6.07 Å². The molecule has 3 heterocycles. The zero-order valence-corrected chi connectivity index (χ0v) is 18.0. The summed E-state index contributed by atoms with van der Waals surface area (Å²) in [6.07, 6.45) is 5.86. The van der Waals surface area contributed by atoms with Crippen molar-refractivity contribution in [3.63, 3.8) is 0 Å². The molecule has 0 saturated carbocycles. The number of fused-ring (bicyclic) bond motifs is 1. The summed E-state index contributed by atoms with van der Waals surface area (Å²) >= 11 is 1.53. The first-order chi connectivity index (χ1) is 14.6. The third-order valence-electron chi connectivity index (χ3n) is 5.88. The fraction of sp³-hybridized carbons (Fsp3) is 0.478. The van der Waals surface area contributed by atoms with Crippen molar-refractivity contribution in [3.05, 3.63) is 57.0 Å². The van der Waals surface area contributed by atoms with E-state index in [0.717, 1.165) is 31.6 Å². The van der Waals surface area contributed by atoms with Gasteiger partial charge in [0.15, 0.2) is 0 Å². The molecule has 0 aliphatic carbocycles. The number of amides is 2. The number of nitrogens with zero attached hydrogens (tertiary/aromatic N) is 2. The van der Waals surface area contributed by atoms with E-state index < -0.39 is 0 Å². The number of benzene rings is 1. The highest BCUT2D eigenvalue weighted by Crippen LogP contribution is 2.29. The number of likely N-dealkylation sites (tertiary alicyclic amines) is 1. The summed E-state index contributed by atoms with van der Waals surface area (Å²) in [5.74, 6) is -0.479. The Bertz CT molecular complexity index is 888. The average molecular weight is 430 g/mol. The van der Waals surface area contributed by atoms with Gasteiger partial charge in [-0.15, -0.1) is 11.3 Å². The second-order valence-electron chi connectivity index (χ2n) is 8.05. The Labute approximate surface area is 180 Å². The van der Waals surface area contributed by atoms with Gasteiger partial charge in [-0.25, -0.2) is 4.39 Å². The van der Waals surface area contributed by atoms with Gasteiger partial charge >= 0.3 is 0 Å². The van der Waals surface area contributed by atoms with E-state index in [2.05, 4.69) is 10.2 Å². The first kappa shape index (κ1) is 21.0. The van der Waals surface area contributed by atoms with Gasteiger partial charge in [0.05, 0.1) is 4.88 Å². The Morgan fingerprint density at radius 2 is 1.77 bits per heavy atom. The summed E-state index contributed by atoms with van der Waals surface area (Å²) in [5.41, 5.74) is 1.53. The summed E-state index contributed by atoms with van der Waals surface area (Å²) in [4.78, 5) is 31.4. The lowest BCUT2D eigenvalue weighted by molar-refractivity contribution is 0.0735. The number of halogens is 1. The lowest BCUT2D eigenvalue weighted by atomic mass is 10.1. The summed E-state index contributed by atoms with van der Waals surface area (Å²) < 4.78 is 13.1. The minimum atomic E-state index is -0.350. The number of thiophene rings is 1. The molecule has 4 rings (SSSR count). The highest BCUT2D eigenvalue weighted by atomic mass is 32.1. The average Bonchev–Trinajstić information content (AvgIpc) is 3.02. The van der Waals surface area contributed by atoms with Gasteiger partial charge in [-0.3, -0.25) is 9.59 Å². The molecule has 1 saturated heterocycles. The second-order valence-corrected chi connectivity index (χ2v) is 9.19. The molecule has 1 aromatic heterocycles. The van der Waals surface area contributed by atoms with Crippen LogP contribution in [0.25, 0.3) is 0 Å². The van der Waals surface area contributed by atoms with E-state index in [4.69, 9.17) is 0 Å². The molecule has 1 N–H and O–H groups in total. The van der Waals surface area contributed by atoms with Crippen molar-refractivity contribution in [2.24, 2.45) is 0 Å². The molecule has 7 heteroatoms. The van der Waals surface area contributed by atoms with Crippen LogP contribution in [-0.4, -0.2) is 54.3 Å². The molecule has 1 fully saturated rings. The van der Waals surface area contributed by atoms with Crippen molar-refractivity contribution >= 4 is 23.2 Å². The molecule has 0 radical (unpaired) electrons. The summed E-state index contributed by atoms with van der Waals surface area (Å²) in [6.45, 7) is 4.92. The van der Waals surface area contributed by atoms with Crippen molar-refractivity contribution in [3.8, 4) is 0 Å². The first-order valence-electron chi connectivity index (χ1n) is 10.8. The molecule has 0 bridgehead atoms. The molecule has 160 valence electrons. The van der Waals surface area contributed by atoms with Crippen LogP contribution >= 0.6 is 11.3 Å². The Morgan fingerprint density at radius 3 is 2.50 bits per heavy atom. The number of rotatable bonds is 5. The van der Waals surface area contributed by atoms with Crippen LogP contribution < -0.4 is 5.32 Å². The highest BCUT2D eigenvalue weighted by Gasteiger charge is 2.25. The van der Waals surface area contributed by atoms with E-state index in [1.165, 1.54) is 66.2 Å². The predicted molar refractivity (Wildman–Crippen MR) is 116 cm³/mol. The van der Waals surface area contributed by atoms with Gasteiger partial charge in [0.1, 0.15) is 5.82 Å². The van der Waals surface area contributed by atoms with Crippen LogP contribution in [0.15, 0.2) is 30.3 Å². The molecule has 0 atom stereocenters. The quantitative estimate of drug-likeness (QED) is 0.789. The van der Waals surface area contributed by atoms with Crippen LogP contribution in [0.1, 0.15) is 56.2 Å². The summed E-state index contributed by atoms with van der Waals surface area (Å²) in [5, 5.41) is 3.05. The molecule has 30 heavy (non-hydrogen) atoms. The SMILES string of the molecule is O=C(NCCN1CCCCCC1)c1cc2c(s1)CCN(C(=O)c1ccc(F)cc1)C2. The minimum absolute atomic E-state index is 0.0272. The fourth-order valence-electron chi connectivity index (χ4n) is 4.17. The van der Waals surface area contributed by atoms with Gasteiger partial charge in [-0.2, -0.15) is 0 Å². The Kier molecular flexibility index (Phi) is 6.79. The van der Waals surface area contributed by atoms with E-state index in [1.54, 1.807) is 4.90 Å². The van der Waals surface area contributed by atoms with Gasteiger partial charge in [-0.05, 0) is 68.2 Å². The molecular weight excluding hydrogens is 401 g/mol. The van der Waals surface area contributed by atoms with Gasteiger partial charge in [0.25, 0.3) is 11.8 Å². The number of hydrogen-bond acceptors (Lipinski definition) is 4. The lowest BCUT2D eigenvalue weighted by Gasteiger charge is -2.27. The number of nitrogens with one attached hydrogen (secondary N) is 1. The third kappa shape index (κ3) is 5.08. The number of carbonyl (C=O) groups excluding carboxylic acids is 2. The van der Waals surface area contributed by atoms with E-state index in [0.29, 0.717) is 30.1 Å². The van der Waals surface area contributed by atoms with Crippen LogP contribution in [0, 0.1) is 5.82 Å². The zero-order chi connectivity index (χ0) is 20.9. The van der Waals surface area contributed by atoms with Crippen molar-refractivity contribution in [1.82, 2.24) is 15.1 Å². The molecule has 2 aliphatic heterocycles. The van der Waals surface area contributed by atoms with Crippen molar-refractivity contribution in [2.75, 3.05) is 32.7 Å². The normalized spacial score (nSPS) is 17.3. The molecule has 2 aliphatic rings. The zero-order valence-electron chi connectivity index (χ0n) is 17.2. The van der Waals surface area contributed by atoms with Crippen LogP contribution in [0.5, 0.6) is 0 Å². The van der Waals surface area contributed by atoms with Crippen LogP contribution in [0.3, 0.4) is 0 Å². The highest BCUT2D eigenvalue weighted by molar-refractivity contribution is 7.14. The summed E-state index contributed by atoms with van der Waals surface area (Å²) in [7, 11) is 0. The van der Waals surface area contributed by atoms with Crippen LogP contribution in [-0.2, 0) is 13.0 Å². The second kappa shape index (κ2) is 9.71. The third-order valence-corrected chi connectivity index (χ3v) is 7.12. The van der Waals surface area contributed by atoms with Crippen molar-refractivity contribution in [1.29, 1.82) is 0 Å². The Balaban J connectivity index is 1.32. The van der Waals surface area contributed by atoms with Gasteiger partial charge in [0.2, 0.25) is 0 Å². The number of carbonyl (C=O) groups is 2. The topological polar surface area (TPSA) is 52.7 Å². The van der Waals surface area contributed by atoms with E-state index in [-0.39, 0.29) is 17.6 Å². The molecule has 1 aromatic carbocycles. The van der Waals surface area contributed by atoms with Gasteiger partial charge in [0, 0.05) is 36.6 Å². The fourth-order valence-corrected chi connectivity index (χ4v) is 5.25. The van der Waals surface area contributed by atoms with E-state index >= 15 is 0 Å². The maximum Gasteiger partial charge on any atom is 0.261 e. The van der Waals surface area contributed by atoms with Crippen molar-refractivity contribution < 1.29 is 14.0 Å². The minimum Gasteiger partial charge on any atom is -0.350 e. The lowest BCUT2D eigenvalue weighted by Crippen LogP contribution is -2.35. The maximum absolute atomic E-state index is 13.1. The van der Waals surface area contributed by atoms with Gasteiger partial charge in [-0.1, -0.05) is 12.8 Å². The maximum atomic E-state index is 13.1. The van der Waals surface area contributed by atoms with E-state index in [9.17, 15) is 14.0 Å². The monoisotopic (exact) mass is 429 g/mol. The predicted octanol–water partition coefficient (Wildman–Crippen LogP) is 3.69. The molecule has 0 unspecified atom stereocenters. The summed E-state index contributed by atoms with van der Waals surface area (Å²) in [6, 6.07) is 7.57. The smallest absolute Gasteiger partial charge is 0.261 e.